The summed E-state index contributed by atoms with van der Waals surface area (Å²) >= 11 is 0. The molecule has 0 saturated carbocycles. The molecule has 4 heterocycles. The van der Waals surface area contributed by atoms with Gasteiger partial charge in [-0.15, -0.1) is 0 Å². The highest BCUT2D eigenvalue weighted by Gasteiger charge is 2.48. The van der Waals surface area contributed by atoms with Crippen LogP contribution in [0.15, 0.2) is 0 Å². The molecule has 0 aliphatic carbocycles. The van der Waals surface area contributed by atoms with Crippen LogP contribution in [0.2, 0.25) is 0 Å². The molecule has 728 valence electrons. The van der Waals surface area contributed by atoms with Crippen LogP contribution in [0.1, 0.15) is 151 Å². The fraction of sp³-hybridized carbons (Fsp3) is 0.863. The van der Waals surface area contributed by atoms with E-state index in [1.165, 1.54) is 20.8 Å². The molecule has 0 spiro atoms. The number of hydrogen-bond donors (Lipinski definition) is 21. The van der Waals surface area contributed by atoms with Gasteiger partial charge < -0.3 is 176 Å². The Morgan fingerprint density at radius 2 is 0.675 bits per heavy atom. The first-order valence-corrected chi connectivity index (χ1v) is 43.4. The lowest BCUT2D eigenvalue weighted by molar-refractivity contribution is -0.270. The summed E-state index contributed by atoms with van der Waals surface area (Å²) < 4.78 is 80.6. The van der Waals surface area contributed by atoms with Crippen molar-refractivity contribution in [1.29, 1.82) is 0 Å². The van der Waals surface area contributed by atoms with Gasteiger partial charge in [0.15, 0.2) is 18.9 Å². The summed E-state index contributed by atoms with van der Waals surface area (Å²) in [5, 5.41) is 131. The van der Waals surface area contributed by atoms with Gasteiger partial charge in [-0.1, -0.05) is 0 Å². The molecular formula is C80H143N11O35. The van der Waals surface area contributed by atoms with Gasteiger partial charge in [0.25, 0.3) is 0 Å². The van der Waals surface area contributed by atoms with Crippen molar-refractivity contribution in [1.82, 2.24) is 58.5 Å². The Balaban J connectivity index is 1.31. The summed E-state index contributed by atoms with van der Waals surface area (Å²) in [7, 11) is 0. The Morgan fingerprint density at radius 3 is 1.01 bits per heavy atom. The molecule has 4 fully saturated rings. The third-order valence-corrected chi connectivity index (χ3v) is 19.9. The molecule has 4 aliphatic heterocycles. The molecule has 0 radical (unpaired) electrons. The second kappa shape index (κ2) is 63.3. The molecule has 0 aromatic rings. The van der Waals surface area contributed by atoms with E-state index in [0.717, 1.165) is 0 Å². The van der Waals surface area contributed by atoms with E-state index < -0.39 is 189 Å². The highest BCUT2D eigenvalue weighted by Crippen LogP contribution is 2.27. The van der Waals surface area contributed by atoms with Crippen LogP contribution in [0.3, 0.4) is 0 Å². The van der Waals surface area contributed by atoms with Gasteiger partial charge in [-0.2, -0.15) is 0 Å². The molecule has 15 unspecified atom stereocenters. The monoisotopic (exact) mass is 1820 g/mol. The largest absolute Gasteiger partial charge is 0.394 e. The van der Waals surface area contributed by atoms with Gasteiger partial charge >= 0.3 is 0 Å². The van der Waals surface area contributed by atoms with Crippen LogP contribution in [0, 0.1) is 0 Å². The van der Waals surface area contributed by atoms with Crippen LogP contribution in [0.25, 0.3) is 0 Å². The summed E-state index contributed by atoms with van der Waals surface area (Å²) in [6.07, 6.45) is -14.1. The smallest absolute Gasteiger partial charge is 0.249 e. The first-order valence-electron chi connectivity index (χ1n) is 43.4. The van der Waals surface area contributed by atoms with E-state index in [9.17, 15) is 104 Å². The molecule has 4 rings (SSSR count). The minimum absolute atomic E-state index is 0.0436. The van der Waals surface area contributed by atoms with E-state index in [2.05, 4.69) is 58.5 Å². The van der Waals surface area contributed by atoms with Gasteiger partial charge in [-0.3, -0.25) is 52.7 Å². The zero-order chi connectivity index (χ0) is 92.8. The van der Waals surface area contributed by atoms with Crippen molar-refractivity contribution in [2.24, 2.45) is 0 Å². The predicted molar refractivity (Wildman–Crippen MR) is 440 cm³/mol. The van der Waals surface area contributed by atoms with Crippen molar-refractivity contribution in [2.45, 2.75) is 272 Å². The van der Waals surface area contributed by atoms with Crippen LogP contribution < -0.4 is 58.5 Å². The Hall–Kier alpha value is -6.79. The maximum Gasteiger partial charge on any atom is 0.249 e. The molecule has 0 bridgehead atoms. The fourth-order valence-corrected chi connectivity index (χ4v) is 13.1. The second-order valence-corrected chi connectivity index (χ2v) is 32.0. The molecule has 18 atom stereocenters. The molecule has 46 heteroatoms. The van der Waals surface area contributed by atoms with E-state index in [0.29, 0.717) is 70.6 Å². The van der Waals surface area contributed by atoms with Gasteiger partial charge in [0.2, 0.25) is 65.0 Å². The predicted octanol–water partition coefficient (Wildman–Crippen LogP) is -7.79. The van der Waals surface area contributed by atoms with E-state index in [-0.39, 0.29) is 207 Å². The maximum absolute atomic E-state index is 13.9. The molecular weight excluding hydrogens is 1670 g/mol. The molecule has 126 heavy (non-hydrogen) atoms. The number of unbranched alkanes of at least 4 members (excludes halogenated alkanes) is 3. The van der Waals surface area contributed by atoms with Crippen LogP contribution in [0.5, 0.6) is 0 Å². The van der Waals surface area contributed by atoms with E-state index in [4.69, 9.17) is 66.3 Å². The number of carbonyl (C=O) groups is 11. The van der Waals surface area contributed by atoms with Crippen molar-refractivity contribution in [3.63, 3.8) is 0 Å². The van der Waals surface area contributed by atoms with Gasteiger partial charge in [0, 0.05) is 125 Å². The molecule has 4 aliphatic rings. The zero-order valence-electron chi connectivity index (χ0n) is 73.5. The topological polar surface area (TPSA) is 652 Å². The number of hydrogen-bond acceptors (Lipinski definition) is 35. The Labute approximate surface area is 734 Å². The summed E-state index contributed by atoms with van der Waals surface area (Å²) in [6.45, 7) is 7.47. The maximum atomic E-state index is 13.9. The first kappa shape index (κ1) is 112. The van der Waals surface area contributed by atoms with Crippen LogP contribution in [-0.4, -0.2) is 409 Å². The lowest BCUT2D eigenvalue weighted by Crippen LogP contribution is -2.64. The van der Waals surface area contributed by atoms with Crippen LogP contribution in [0.4, 0.5) is 0 Å². The molecule has 46 nitrogen and oxygen atoms in total. The lowest BCUT2D eigenvalue weighted by Gasteiger charge is -2.42. The average Bonchev–Trinajstić information content (AvgIpc) is 0.817. The van der Waals surface area contributed by atoms with E-state index in [1.807, 2.05) is 20.8 Å². The quantitative estimate of drug-likeness (QED) is 0.0252. The standard InChI is InChI=1S/C80H143N11O35/c1-50(95)88-66-72(109)69(106)55(42-92)124-76(66)119-31-10-7-16-59(99)81-24-13-27-84-62(102)21-34-116-47-80(91-65(105)46-115-41-40-114-39-38-113-37-30-87-75(112)54-20-19-53(98)58(123-54)45-122-79(4,5)6,48-117-35-22-63(103)85-28-14-25-82-60(100)17-8-11-32-120-77-67(89-51(2)96)73(110)70(107)56(43-93)125-77)49-118-36-23-64(104)86-29-15-26-83-61(101)18-9-12-33-121-78-68(90-52(3)97)74(111)71(108)57(44-94)126-78/h53-58,66-74,76-78,92-94,98,106-111H,7-49H2,1-6H3,(H,81,99)(H,82,100)(H,83,101)(H,84,102)(H,85,103)(H,86,104)(H,87,112)(H,88,95)(H,89,96)(H,90,97)(H,91,105)/t53-,54+,55?,56?,57?,58+,66?,67?,68?,69?,70?,71?,72?,73?,74?,76?,77?,78?,80?/m0/s1. The number of rotatable bonds is 66. The van der Waals surface area contributed by atoms with Crippen molar-refractivity contribution in [2.75, 3.05) is 171 Å². The number of aliphatic hydroxyl groups is 10. The third kappa shape index (κ3) is 46.1. The van der Waals surface area contributed by atoms with Gasteiger partial charge in [-0.05, 0) is 91.4 Å². The van der Waals surface area contributed by atoms with E-state index >= 15 is 0 Å². The number of ether oxygens (including phenoxy) is 14. The lowest BCUT2D eigenvalue weighted by atomic mass is 9.97. The highest BCUT2D eigenvalue weighted by atomic mass is 16.7. The van der Waals surface area contributed by atoms with Gasteiger partial charge in [0.05, 0.1) is 111 Å². The van der Waals surface area contributed by atoms with Gasteiger partial charge in [-0.25, -0.2) is 0 Å². The Morgan fingerprint density at radius 1 is 0.341 bits per heavy atom. The van der Waals surface area contributed by atoms with Crippen molar-refractivity contribution >= 4 is 65.0 Å². The minimum Gasteiger partial charge on any atom is -0.394 e. The Bertz CT molecular complexity index is 2910. The molecule has 11 amide bonds. The van der Waals surface area contributed by atoms with Crippen LogP contribution in [-0.2, 0) is 119 Å². The Kier molecular flexibility index (Phi) is 56.0. The van der Waals surface area contributed by atoms with Crippen molar-refractivity contribution in [3.8, 4) is 0 Å². The molecule has 21 N–H and O–H groups in total. The number of aliphatic hydroxyl groups excluding tert-OH is 10. The van der Waals surface area contributed by atoms with Crippen molar-refractivity contribution < 1.29 is 170 Å². The van der Waals surface area contributed by atoms with Crippen molar-refractivity contribution in [3.05, 3.63) is 0 Å². The SMILES string of the molecule is CC(=O)NC1C(OCCCCC(=O)NCCCNC(=O)CCOCC(COCCC(=O)NCCCNC(=O)CCCCOC2OC(CO)C(O)C(O)C2NC(C)=O)(COCCC(=O)NCCCNC(=O)CCCCOC2OC(CO)C(O)C(O)C2NC(C)=O)NC(=O)COCCOCCOCCNC(=O)[C@H]2CC[C@H](O)[C@@H](COC(C)(C)C)O2)OC(CO)C(O)C1O. The van der Waals surface area contributed by atoms with E-state index in [1.54, 1.807) is 0 Å². The molecule has 0 aromatic heterocycles. The molecule has 4 saturated heterocycles. The third-order valence-electron chi connectivity index (χ3n) is 19.9. The minimum atomic E-state index is -1.57. The summed E-state index contributed by atoms with van der Waals surface area (Å²) in [5.74, 6) is -4.60. The summed E-state index contributed by atoms with van der Waals surface area (Å²) in [4.78, 5) is 139. The fourth-order valence-electron chi connectivity index (χ4n) is 13.1. The highest BCUT2D eigenvalue weighted by molar-refractivity contribution is 5.81. The first-order chi connectivity index (χ1) is 60.2. The number of amides is 11. The second-order valence-electron chi connectivity index (χ2n) is 32.0. The van der Waals surface area contributed by atoms with Gasteiger partial charge in [0.1, 0.15) is 97.4 Å². The molecule has 0 aromatic carbocycles. The number of nitrogens with one attached hydrogen (secondary N) is 11. The van der Waals surface area contributed by atoms with Crippen LogP contribution >= 0.6 is 0 Å². The normalized spacial score (nSPS) is 25.4. The average molecular weight is 1820 g/mol. The summed E-state index contributed by atoms with van der Waals surface area (Å²) in [6, 6.07) is -3.33. The summed E-state index contributed by atoms with van der Waals surface area (Å²) in [5.41, 5.74) is -2.02. The number of carbonyl (C=O) groups excluding carboxylic acids is 11. The zero-order valence-corrected chi connectivity index (χ0v) is 73.5.